The predicted octanol–water partition coefficient (Wildman–Crippen LogP) is 4.11. The molecule has 3 aromatic rings. The number of anilines is 2. The lowest BCUT2D eigenvalue weighted by Crippen LogP contribution is -2.17. The fourth-order valence-electron chi connectivity index (χ4n) is 2.65. The minimum absolute atomic E-state index is 0.0993. The number of thioether (sulfide) groups is 1. The molecule has 0 radical (unpaired) electrons. The van der Waals surface area contributed by atoms with Gasteiger partial charge in [-0.2, -0.15) is 0 Å². The van der Waals surface area contributed by atoms with Gasteiger partial charge < -0.3 is 15.2 Å². The van der Waals surface area contributed by atoms with Crippen molar-refractivity contribution >= 4 is 50.9 Å². The van der Waals surface area contributed by atoms with Crippen LogP contribution in [-0.4, -0.2) is 32.3 Å². The molecule has 2 aromatic carbocycles. The highest BCUT2D eigenvalue weighted by Gasteiger charge is 2.15. The topological polar surface area (TPSA) is 88.9 Å². The molecule has 0 unspecified atom stereocenters. The van der Waals surface area contributed by atoms with Crippen LogP contribution in [0.2, 0.25) is 0 Å². The van der Waals surface area contributed by atoms with Gasteiger partial charge in [-0.25, -0.2) is 0 Å². The Hall–Kier alpha value is -2.65. The zero-order valence-electron chi connectivity index (χ0n) is 16.9. The number of aryl methyl sites for hydroxylation is 2. The second kappa shape index (κ2) is 9.90. The van der Waals surface area contributed by atoms with Gasteiger partial charge in [0.2, 0.25) is 11.8 Å². The zero-order chi connectivity index (χ0) is 21.7. The first-order valence-electron chi connectivity index (χ1n) is 9.25. The van der Waals surface area contributed by atoms with Crippen LogP contribution < -0.4 is 10.6 Å². The van der Waals surface area contributed by atoms with Crippen molar-refractivity contribution in [2.24, 2.45) is 7.05 Å². The lowest BCUT2D eigenvalue weighted by molar-refractivity contribution is -0.116. The third-order valence-electron chi connectivity index (χ3n) is 4.49. The number of nitrogens with zero attached hydrogens (tertiary/aromatic N) is 3. The molecule has 7 nitrogen and oxygen atoms in total. The molecule has 0 saturated heterocycles. The van der Waals surface area contributed by atoms with E-state index in [1.807, 2.05) is 56.3 Å². The molecule has 0 bridgehead atoms. The minimum Gasteiger partial charge on any atom is -0.326 e. The Morgan fingerprint density at radius 3 is 2.33 bits per heavy atom. The minimum atomic E-state index is -0.168. The fraction of sp³-hybridized carbons (Fsp3) is 0.238. The summed E-state index contributed by atoms with van der Waals surface area (Å²) < 4.78 is 2.68. The monoisotopic (exact) mass is 487 g/mol. The summed E-state index contributed by atoms with van der Waals surface area (Å²) in [6.45, 7) is 4.03. The van der Waals surface area contributed by atoms with Gasteiger partial charge >= 0.3 is 0 Å². The van der Waals surface area contributed by atoms with E-state index in [-0.39, 0.29) is 24.0 Å². The fourth-order valence-corrected chi connectivity index (χ4v) is 3.65. The van der Waals surface area contributed by atoms with E-state index in [4.69, 9.17) is 0 Å². The first kappa shape index (κ1) is 22.0. The zero-order valence-corrected chi connectivity index (χ0v) is 19.3. The van der Waals surface area contributed by atoms with Gasteiger partial charge in [-0.05, 0) is 61.4 Å². The second-order valence-electron chi connectivity index (χ2n) is 6.83. The molecule has 3 rings (SSSR count). The maximum absolute atomic E-state index is 12.4. The predicted molar refractivity (Wildman–Crippen MR) is 123 cm³/mol. The largest absolute Gasteiger partial charge is 0.326 e. The molecule has 0 aliphatic rings. The van der Waals surface area contributed by atoms with Crippen LogP contribution in [0.5, 0.6) is 0 Å². The Balaban J connectivity index is 1.53. The van der Waals surface area contributed by atoms with Crippen LogP contribution >= 0.6 is 27.7 Å². The van der Waals surface area contributed by atoms with Crippen molar-refractivity contribution in [1.29, 1.82) is 0 Å². The van der Waals surface area contributed by atoms with Gasteiger partial charge in [0.25, 0.3) is 0 Å². The molecule has 0 atom stereocenters. The van der Waals surface area contributed by atoms with Crippen LogP contribution in [0.15, 0.2) is 52.1 Å². The van der Waals surface area contributed by atoms with E-state index < -0.39 is 0 Å². The molecule has 2 N–H and O–H groups in total. The Labute approximate surface area is 187 Å². The molecule has 0 saturated carbocycles. The second-order valence-corrected chi connectivity index (χ2v) is 8.68. The lowest BCUT2D eigenvalue weighted by atomic mass is 10.1. The lowest BCUT2D eigenvalue weighted by Gasteiger charge is -2.08. The molecule has 2 amide bonds. The summed E-state index contributed by atoms with van der Waals surface area (Å²) in [6.07, 6.45) is 0.0993. The van der Waals surface area contributed by atoms with Crippen LogP contribution in [0.1, 0.15) is 17.0 Å². The number of hydrogen-bond acceptors (Lipinski definition) is 5. The number of halogens is 1. The molecule has 30 heavy (non-hydrogen) atoms. The summed E-state index contributed by atoms with van der Waals surface area (Å²) in [6, 6.07) is 13.2. The summed E-state index contributed by atoms with van der Waals surface area (Å²) in [7, 11) is 1.79. The van der Waals surface area contributed by atoms with E-state index in [0.29, 0.717) is 11.0 Å². The Morgan fingerprint density at radius 2 is 1.63 bits per heavy atom. The van der Waals surface area contributed by atoms with Crippen molar-refractivity contribution in [2.75, 3.05) is 16.4 Å². The van der Waals surface area contributed by atoms with Crippen molar-refractivity contribution in [3.8, 4) is 0 Å². The average Bonchev–Trinajstić information content (AvgIpc) is 3.04. The van der Waals surface area contributed by atoms with Crippen LogP contribution in [0.3, 0.4) is 0 Å². The quantitative estimate of drug-likeness (QED) is 0.489. The van der Waals surface area contributed by atoms with Crippen molar-refractivity contribution in [2.45, 2.75) is 25.4 Å². The number of aromatic nitrogens is 3. The highest BCUT2D eigenvalue weighted by Crippen LogP contribution is 2.19. The number of rotatable bonds is 7. The summed E-state index contributed by atoms with van der Waals surface area (Å²) in [5.74, 6) is 0.418. The van der Waals surface area contributed by atoms with Crippen molar-refractivity contribution in [3.05, 3.63) is 63.9 Å². The molecule has 0 spiro atoms. The molecular formula is C21H22BrN5O2S. The Kier molecular flexibility index (Phi) is 7.28. The van der Waals surface area contributed by atoms with Crippen molar-refractivity contribution < 1.29 is 9.59 Å². The molecule has 156 valence electrons. The van der Waals surface area contributed by atoms with Crippen LogP contribution in [-0.2, 0) is 23.1 Å². The van der Waals surface area contributed by atoms with E-state index in [1.54, 1.807) is 11.6 Å². The number of hydrogen-bond donors (Lipinski definition) is 2. The number of amides is 2. The smallest absolute Gasteiger partial charge is 0.234 e. The van der Waals surface area contributed by atoms with Gasteiger partial charge in [0.05, 0.1) is 12.2 Å². The third-order valence-corrected chi connectivity index (χ3v) is 6.04. The van der Waals surface area contributed by atoms with Gasteiger partial charge in [-0.1, -0.05) is 33.8 Å². The molecule has 0 fully saturated rings. The van der Waals surface area contributed by atoms with E-state index >= 15 is 0 Å². The average molecular weight is 488 g/mol. The summed E-state index contributed by atoms with van der Waals surface area (Å²) >= 11 is 4.63. The van der Waals surface area contributed by atoms with E-state index in [0.717, 1.165) is 21.4 Å². The SMILES string of the molecule is Cc1ccc(NC(=O)Cc2nnc(SCC(=O)Nc3ccc(Br)cc3)n2C)cc1C. The maximum atomic E-state index is 12.4. The molecule has 1 aromatic heterocycles. The van der Waals surface area contributed by atoms with Gasteiger partial charge in [-0.3, -0.25) is 9.59 Å². The van der Waals surface area contributed by atoms with E-state index in [2.05, 4.69) is 36.8 Å². The van der Waals surface area contributed by atoms with Crippen LogP contribution in [0.4, 0.5) is 11.4 Å². The normalized spacial score (nSPS) is 10.7. The van der Waals surface area contributed by atoms with E-state index in [1.165, 1.54) is 17.3 Å². The van der Waals surface area contributed by atoms with Crippen LogP contribution in [0.25, 0.3) is 0 Å². The summed E-state index contributed by atoms with van der Waals surface area (Å²) in [5, 5.41) is 14.5. The molecule has 0 aliphatic carbocycles. The highest BCUT2D eigenvalue weighted by atomic mass is 79.9. The van der Waals surface area contributed by atoms with Crippen molar-refractivity contribution in [1.82, 2.24) is 14.8 Å². The summed E-state index contributed by atoms with van der Waals surface area (Å²) in [4.78, 5) is 24.5. The standard InChI is InChI=1S/C21H22BrN5O2S/c1-13-4-7-17(10-14(13)2)24-19(28)11-18-25-26-21(27(18)3)30-12-20(29)23-16-8-5-15(22)6-9-16/h4-10H,11-12H2,1-3H3,(H,23,29)(H,24,28). The van der Waals surface area contributed by atoms with Gasteiger partial charge in [0, 0.05) is 22.9 Å². The van der Waals surface area contributed by atoms with Crippen LogP contribution in [0, 0.1) is 13.8 Å². The number of carbonyl (C=O) groups excluding carboxylic acids is 2. The Morgan fingerprint density at radius 1 is 0.967 bits per heavy atom. The van der Waals surface area contributed by atoms with Gasteiger partial charge in [-0.15, -0.1) is 10.2 Å². The number of carbonyl (C=O) groups is 2. The van der Waals surface area contributed by atoms with Crippen molar-refractivity contribution in [3.63, 3.8) is 0 Å². The third kappa shape index (κ3) is 5.93. The highest BCUT2D eigenvalue weighted by molar-refractivity contribution is 9.10. The number of nitrogens with one attached hydrogen (secondary N) is 2. The molecule has 0 aliphatic heterocycles. The Bertz CT molecular complexity index is 1070. The maximum Gasteiger partial charge on any atom is 0.234 e. The van der Waals surface area contributed by atoms with Gasteiger partial charge in [0.1, 0.15) is 5.82 Å². The first-order valence-corrected chi connectivity index (χ1v) is 11.0. The molecular weight excluding hydrogens is 466 g/mol. The molecule has 9 heteroatoms. The molecule has 1 heterocycles. The first-order chi connectivity index (χ1) is 14.3. The van der Waals surface area contributed by atoms with Gasteiger partial charge in [0.15, 0.2) is 5.16 Å². The number of benzene rings is 2. The summed E-state index contributed by atoms with van der Waals surface area (Å²) in [5.41, 5.74) is 3.77. The van der Waals surface area contributed by atoms with E-state index in [9.17, 15) is 9.59 Å².